The molecule has 2 heterocycles. The van der Waals surface area contributed by atoms with Crippen LogP contribution in [0.15, 0.2) is 215 Å². The van der Waals surface area contributed by atoms with Gasteiger partial charge in [-0.2, -0.15) is 0 Å². The zero-order chi connectivity index (χ0) is 52.5. The number of aryl methyl sites for hydroxylation is 2. The highest BCUT2D eigenvalue weighted by atomic mass is 16.3. The number of rotatable bonds is 8. The van der Waals surface area contributed by atoms with Gasteiger partial charge in [0.1, 0.15) is 11.2 Å². The van der Waals surface area contributed by atoms with Crippen LogP contribution in [0, 0.1) is 10.8 Å². The molecule has 0 atom stereocenters. The van der Waals surface area contributed by atoms with Gasteiger partial charge in [-0.3, -0.25) is 0 Å². The minimum Gasteiger partial charge on any atom is -0.454 e. The Morgan fingerprint density at radius 2 is 0.831 bits per heavy atom. The van der Waals surface area contributed by atoms with Crippen molar-refractivity contribution >= 4 is 110 Å². The van der Waals surface area contributed by atoms with Gasteiger partial charge in [0.2, 0.25) is 0 Å². The Morgan fingerprint density at radius 1 is 0.364 bits per heavy atom. The summed E-state index contributed by atoms with van der Waals surface area (Å²) in [7, 11) is 0. The fraction of sp³-hybridized carbons (Fsp3) is 0.178. The predicted octanol–water partition coefficient (Wildman–Crippen LogP) is 21.4. The van der Waals surface area contributed by atoms with Crippen molar-refractivity contribution in [3.05, 3.63) is 229 Å². The summed E-state index contributed by atoms with van der Waals surface area (Å²) in [5.41, 5.74) is 17.1. The Hall–Kier alpha value is -8.60. The Kier molecular flexibility index (Phi) is 10.5. The molecule has 0 radical (unpaired) electrons. The van der Waals surface area contributed by atoms with Crippen molar-refractivity contribution in [2.75, 3.05) is 9.80 Å². The molecule has 2 aromatic heterocycles. The van der Waals surface area contributed by atoms with Crippen LogP contribution in [0.1, 0.15) is 77.6 Å². The molecule has 4 nitrogen and oxygen atoms in total. The third-order valence-electron chi connectivity index (χ3n) is 17.2. The zero-order valence-corrected chi connectivity index (χ0v) is 45.3. The number of para-hydroxylation sites is 6. The molecule has 0 spiro atoms. The maximum absolute atomic E-state index is 6.97. The summed E-state index contributed by atoms with van der Waals surface area (Å²) in [6, 6.07) is 76.3. The first kappa shape index (κ1) is 46.9. The first-order valence-corrected chi connectivity index (χ1v) is 27.5. The van der Waals surface area contributed by atoms with Crippen LogP contribution in [0.25, 0.3) is 87.3 Å². The second-order valence-electron chi connectivity index (χ2n) is 23.4. The zero-order valence-electron chi connectivity index (χ0n) is 45.3. The van der Waals surface area contributed by atoms with Gasteiger partial charge in [0.15, 0.2) is 11.2 Å². The first-order valence-electron chi connectivity index (χ1n) is 27.5. The van der Waals surface area contributed by atoms with Crippen LogP contribution in [0.5, 0.6) is 0 Å². The van der Waals surface area contributed by atoms with Gasteiger partial charge in [0.05, 0.1) is 11.4 Å². The van der Waals surface area contributed by atoms with Gasteiger partial charge in [0, 0.05) is 49.7 Å². The summed E-state index contributed by atoms with van der Waals surface area (Å²) >= 11 is 0. The van der Waals surface area contributed by atoms with E-state index in [2.05, 4.69) is 271 Å². The quantitative estimate of drug-likeness (QED) is 0.142. The van der Waals surface area contributed by atoms with Gasteiger partial charge in [0.25, 0.3) is 0 Å². The smallest absolute Gasteiger partial charge is 0.159 e. The molecule has 0 aliphatic heterocycles. The van der Waals surface area contributed by atoms with Crippen molar-refractivity contribution in [1.82, 2.24) is 0 Å². The lowest BCUT2D eigenvalue weighted by Gasteiger charge is -2.53. The second kappa shape index (κ2) is 17.2. The standard InChI is InChI=1S/C73H62N2O2/c1-9-45-23-19-31-56-58-33-21-35-63(69(58)76-67(45)56)74(49-25-13-11-14-26-49)51-38-37-47-42-61-62(43-48(47)41-51)73(71(3,4)5,72(6,7)8)66-55-40-39-52(44-60(55)53-29-17-18-30-54(53)65(61)66)75(50-27-15-12-16-28-50)64-36-22-34-59-57-32-20-24-46(10-2)68(57)77-70(59)64/h11-44H,9-10H2,1-8H3. The SMILES string of the molecule is CCc1cccc2c1oc1c(N(c3ccccc3)c3ccc4cc5c(cc4c3)C(C(C)(C)C)(C(C)(C)C)c3c-5c4ccccc4c4cc(N(c5ccccc5)c5cccc6c5oc5c(CC)cccc56)ccc34)cccc12. The lowest BCUT2D eigenvalue weighted by atomic mass is 9.49. The average Bonchev–Trinajstić information content (AvgIpc) is 4.31. The molecule has 1 aliphatic rings. The third kappa shape index (κ3) is 6.77. The van der Waals surface area contributed by atoms with Crippen LogP contribution >= 0.6 is 0 Å². The van der Waals surface area contributed by atoms with Crippen molar-refractivity contribution in [2.45, 2.75) is 73.6 Å². The summed E-state index contributed by atoms with van der Waals surface area (Å²) in [6.07, 6.45) is 1.80. The molecule has 0 bridgehead atoms. The highest BCUT2D eigenvalue weighted by Crippen LogP contribution is 2.68. The van der Waals surface area contributed by atoms with E-state index in [0.29, 0.717) is 0 Å². The number of nitrogens with zero attached hydrogens (tertiary/aromatic N) is 2. The molecule has 0 amide bonds. The Morgan fingerprint density at radius 3 is 1.36 bits per heavy atom. The van der Waals surface area contributed by atoms with Gasteiger partial charge >= 0.3 is 0 Å². The molecule has 13 aromatic rings. The van der Waals surface area contributed by atoms with E-state index in [9.17, 15) is 0 Å². The topological polar surface area (TPSA) is 32.8 Å². The van der Waals surface area contributed by atoms with Crippen molar-refractivity contribution in [1.29, 1.82) is 0 Å². The van der Waals surface area contributed by atoms with E-state index in [1.54, 1.807) is 0 Å². The van der Waals surface area contributed by atoms with Crippen LogP contribution < -0.4 is 9.80 Å². The number of hydrogen-bond donors (Lipinski definition) is 0. The van der Waals surface area contributed by atoms with Crippen LogP contribution in [0.3, 0.4) is 0 Å². The maximum atomic E-state index is 6.97. The van der Waals surface area contributed by atoms with Crippen LogP contribution in [0.4, 0.5) is 34.1 Å². The number of benzene rings is 11. The second-order valence-corrected chi connectivity index (χ2v) is 23.4. The molecule has 4 heteroatoms. The van der Waals surface area contributed by atoms with Gasteiger partial charge in [-0.15, -0.1) is 0 Å². The fourth-order valence-electron chi connectivity index (χ4n) is 14.4. The number of fused-ring (bicyclic) bond motifs is 15. The van der Waals surface area contributed by atoms with Crippen molar-refractivity contribution < 1.29 is 8.83 Å². The lowest BCUT2D eigenvalue weighted by Crippen LogP contribution is -2.50. The van der Waals surface area contributed by atoms with E-state index in [1.165, 1.54) is 65.7 Å². The summed E-state index contributed by atoms with van der Waals surface area (Å²) in [5.74, 6) is 0. The maximum Gasteiger partial charge on any atom is 0.159 e. The molecule has 376 valence electrons. The van der Waals surface area contributed by atoms with Gasteiger partial charge in [-0.25, -0.2) is 0 Å². The summed E-state index contributed by atoms with van der Waals surface area (Å²) < 4.78 is 13.9. The predicted molar refractivity (Wildman–Crippen MR) is 327 cm³/mol. The van der Waals surface area contributed by atoms with E-state index in [0.717, 1.165) is 90.8 Å². The molecular formula is C73H62N2O2. The van der Waals surface area contributed by atoms with E-state index in [4.69, 9.17) is 8.83 Å². The minimum absolute atomic E-state index is 0.223. The summed E-state index contributed by atoms with van der Waals surface area (Å²) in [4.78, 5) is 4.78. The molecule has 0 saturated heterocycles. The monoisotopic (exact) mass is 998 g/mol. The minimum atomic E-state index is -0.426. The molecule has 0 fully saturated rings. The van der Waals surface area contributed by atoms with Crippen LogP contribution in [-0.4, -0.2) is 0 Å². The number of hydrogen-bond acceptors (Lipinski definition) is 4. The number of furan rings is 2. The van der Waals surface area contributed by atoms with Crippen molar-refractivity contribution in [2.24, 2.45) is 10.8 Å². The molecule has 0 unspecified atom stereocenters. The normalized spacial score (nSPS) is 13.4. The number of anilines is 6. The van der Waals surface area contributed by atoms with Crippen molar-refractivity contribution in [3.63, 3.8) is 0 Å². The molecule has 14 rings (SSSR count). The van der Waals surface area contributed by atoms with E-state index < -0.39 is 5.41 Å². The van der Waals surface area contributed by atoms with Gasteiger partial charge in [-0.05, 0) is 162 Å². The summed E-state index contributed by atoms with van der Waals surface area (Å²) in [6.45, 7) is 19.2. The molecule has 11 aromatic carbocycles. The van der Waals surface area contributed by atoms with Crippen LogP contribution in [-0.2, 0) is 18.3 Å². The highest BCUT2D eigenvalue weighted by Gasteiger charge is 2.59. The molecule has 0 saturated carbocycles. The van der Waals surface area contributed by atoms with Gasteiger partial charge < -0.3 is 18.6 Å². The van der Waals surface area contributed by atoms with E-state index in [1.807, 2.05) is 0 Å². The Labute approximate surface area is 450 Å². The van der Waals surface area contributed by atoms with Gasteiger partial charge in [-0.1, -0.05) is 189 Å². The van der Waals surface area contributed by atoms with Crippen molar-refractivity contribution in [3.8, 4) is 11.1 Å². The van der Waals surface area contributed by atoms with Crippen LogP contribution in [0.2, 0.25) is 0 Å². The Bertz CT molecular complexity index is 4490. The summed E-state index contributed by atoms with van der Waals surface area (Å²) in [5, 5.41) is 12.0. The molecule has 0 N–H and O–H groups in total. The molecule has 77 heavy (non-hydrogen) atoms. The highest BCUT2D eigenvalue weighted by molar-refractivity contribution is 6.21. The largest absolute Gasteiger partial charge is 0.454 e. The Balaban J connectivity index is 1.01. The first-order chi connectivity index (χ1) is 37.4. The van der Waals surface area contributed by atoms with E-state index >= 15 is 0 Å². The third-order valence-corrected chi connectivity index (χ3v) is 17.2. The average molecular weight is 999 g/mol. The lowest BCUT2D eigenvalue weighted by molar-refractivity contribution is 0.0965. The fourth-order valence-corrected chi connectivity index (χ4v) is 14.4. The molecule has 1 aliphatic carbocycles. The van der Waals surface area contributed by atoms with E-state index in [-0.39, 0.29) is 10.8 Å². The molecular weight excluding hydrogens is 937 g/mol.